The fourth-order valence-electron chi connectivity index (χ4n) is 4.58. The molecule has 4 heterocycles. The molecule has 0 saturated carbocycles. The Labute approximate surface area is 206 Å². The summed E-state index contributed by atoms with van der Waals surface area (Å²) in [6.45, 7) is 1.54. The molecule has 6 nitrogen and oxygen atoms in total. The lowest BCUT2D eigenvalue weighted by Gasteiger charge is -2.29. The second-order valence-electron chi connectivity index (χ2n) is 9.17. The predicted octanol–water partition coefficient (Wildman–Crippen LogP) is 5.56. The molecule has 2 atom stereocenters. The molecule has 1 aliphatic heterocycles. The summed E-state index contributed by atoms with van der Waals surface area (Å²) in [6.07, 6.45) is -7.62. The molecular formula is C25H20F6N4O2. The van der Waals surface area contributed by atoms with Crippen molar-refractivity contribution in [2.75, 3.05) is 6.61 Å². The number of allylic oxidation sites excluding steroid dienone is 1. The van der Waals surface area contributed by atoms with Gasteiger partial charge in [0.05, 0.1) is 28.6 Å². The summed E-state index contributed by atoms with van der Waals surface area (Å²) in [7, 11) is 1.61. The molecule has 3 aromatic rings. The third-order valence-corrected chi connectivity index (χ3v) is 6.61. The Kier molecular flexibility index (Phi) is 5.99. The average Bonchev–Trinajstić information content (AvgIpc) is 2.77. The van der Waals surface area contributed by atoms with Gasteiger partial charge in [0.2, 0.25) is 5.56 Å². The highest BCUT2D eigenvalue weighted by atomic mass is 19.4. The van der Waals surface area contributed by atoms with Gasteiger partial charge in [-0.1, -0.05) is 0 Å². The number of nitrogens with zero attached hydrogens (tertiary/aromatic N) is 4. The third-order valence-electron chi connectivity index (χ3n) is 6.61. The van der Waals surface area contributed by atoms with Crippen LogP contribution >= 0.6 is 0 Å². The zero-order valence-electron chi connectivity index (χ0n) is 19.7. The third kappa shape index (κ3) is 4.78. The molecule has 3 aromatic heterocycles. The monoisotopic (exact) mass is 522 g/mol. The van der Waals surface area contributed by atoms with Crippen molar-refractivity contribution in [3.8, 4) is 0 Å². The lowest BCUT2D eigenvalue weighted by atomic mass is 9.90. The molecule has 1 fully saturated rings. The van der Waals surface area contributed by atoms with E-state index in [0.29, 0.717) is 19.4 Å². The molecule has 0 N–H and O–H groups in total. The molecule has 5 rings (SSSR count). The summed E-state index contributed by atoms with van der Waals surface area (Å²) in [5, 5.41) is -0.0768. The summed E-state index contributed by atoms with van der Waals surface area (Å²) < 4.78 is 87.2. The van der Waals surface area contributed by atoms with Crippen molar-refractivity contribution >= 4 is 16.6 Å². The Hall–Kier alpha value is -3.50. The average molecular weight is 522 g/mol. The Morgan fingerprint density at radius 1 is 1.08 bits per heavy atom. The van der Waals surface area contributed by atoms with E-state index >= 15 is 0 Å². The number of hydrogen-bond acceptors (Lipinski definition) is 5. The molecule has 12 heteroatoms. The van der Waals surface area contributed by atoms with E-state index in [0.717, 1.165) is 11.6 Å². The molecular weight excluding hydrogens is 502 g/mol. The number of fused-ring (bicyclic) bond motifs is 1. The quantitative estimate of drug-likeness (QED) is 0.333. The molecule has 1 aliphatic carbocycles. The maximum Gasteiger partial charge on any atom is 0.420 e. The number of aryl methyl sites for hydroxylation is 2. The van der Waals surface area contributed by atoms with Crippen LogP contribution in [0.1, 0.15) is 59.6 Å². The van der Waals surface area contributed by atoms with Crippen LogP contribution < -0.4 is 5.56 Å². The van der Waals surface area contributed by atoms with Crippen molar-refractivity contribution in [1.82, 2.24) is 19.5 Å². The molecule has 0 bridgehead atoms. The summed E-state index contributed by atoms with van der Waals surface area (Å²) in [6, 6.07) is 3.92. The Balaban J connectivity index is 1.61. The topological polar surface area (TPSA) is 69.9 Å². The first-order valence-corrected chi connectivity index (χ1v) is 11.4. The minimum Gasteiger partial charge on any atom is -0.373 e. The Morgan fingerprint density at radius 2 is 1.81 bits per heavy atom. The molecule has 0 amide bonds. The van der Waals surface area contributed by atoms with E-state index in [9.17, 15) is 31.1 Å². The summed E-state index contributed by atoms with van der Waals surface area (Å²) in [4.78, 5) is 24.7. The molecule has 0 unspecified atom stereocenters. The van der Waals surface area contributed by atoms with E-state index in [2.05, 4.69) is 20.7 Å². The maximum absolute atomic E-state index is 13.6. The van der Waals surface area contributed by atoms with Gasteiger partial charge in [-0.2, -0.15) is 26.3 Å². The minimum atomic E-state index is -4.70. The largest absolute Gasteiger partial charge is 0.420 e. The molecule has 0 aromatic carbocycles. The van der Waals surface area contributed by atoms with Crippen LogP contribution in [0.2, 0.25) is 0 Å². The zero-order chi connectivity index (χ0) is 26.7. The van der Waals surface area contributed by atoms with Gasteiger partial charge in [-0.05, 0) is 37.5 Å². The van der Waals surface area contributed by atoms with Crippen LogP contribution in [0.3, 0.4) is 0 Å². The summed E-state index contributed by atoms with van der Waals surface area (Å²) in [5.74, 6) is -0.0303. The number of ether oxygens (including phenoxy) is 1. The number of rotatable bonds is 3. The van der Waals surface area contributed by atoms with Gasteiger partial charge in [0.15, 0.2) is 5.65 Å². The Bertz CT molecular complexity index is 1530. The van der Waals surface area contributed by atoms with Crippen LogP contribution in [0.4, 0.5) is 26.3 Å². The number of alkyl halides is 6. The fraction of sp³-hybridized carbons (Fsp3) is 0.400. The number of halogens is 6. The SMILES string of the molecule is Cc1nc2nc([C@H]3CCO[C@@H](c4ccc(=O)n(C)c4)C3)nc(C3=C=C(C(F)(F)F)C3)c2cc1C(F)(F)F. The van der Waals surface area contributed by atoms with E-state index in [1.807, 2.05) is 0 Å². The second kappa shape index (κ2) is 8.81. The van der Waals surface area contributed by atoms with Crippen LogP contribution in [0, 0.1) is 6.92 Å². The lowest BCUT2D eigenvalue weighted by molar-refractivity contribution is -0.138. The lowest BCUT2D eigenvalue weighted by Crippen LogP contribution is -2.23. The van der Waals surface area contributed by atoms with E-state index in [4.69, 9.17) is 4.74 Å². The van der Waals surface area contributed by atoms with Gasteiger partial charge in [0.1, 0.15) is 5.82 Å². The normalized spacial score (nSPS) is 20.4. The van der Waals surface area contributed by atoms with Crippen molar-refractivity contribution in [2.45, 2.75) is 50.6 Å². The van der Waals surface area contributed by atoms with Gasteiger partial charge in [0, 0.05) is 49.2 Å². The summed E-state index contributed by atoms with van der Waals surface area (Å²) >= 11 is 0. The van der Waals surface area contributed by atoms with Crippen molar-refractivity contribution < 1.29 is 31.1 Å². The highest BCUT2D eigenvalue weighted by Crippen LogP contribution is 2.43. The molecule has 37 heavy (non-hydrogen) atoms. The molecule has 1 saturated heterocycles. The zero-order valence-corrected chi connectivity index (χ0v) is 19.7. The van der Waals surface area contributed by atoms with Gasteiger partial charge >= 0.3 is 12.4 Å². The van der Waals surface area contributed by atoms with E-state index < -0.39 is 36.0 Å². The van der Waals surface area contributed by atoms with Gasteiger partial charge in [0.25, 0.3) is 0 Å². The second-order valence-corrected chi connectivity index (χ2v) is 9.17. The number of pyridine rings is 2. The first kappa shape index (κ1) is 25.2. The van der Waals surface area contributed by atoms with Crippen LogP contribution in [0.25, 0.3) is 16.6 Å². The standard InChI is InChI=1S/C25H20F6N4O2/c1-12-18(25(29,30)31)10-17-21(15-7-16(8-15)24(26,27)28)33-22(34-23(17)32-12)13-5-6-37-19(9-13)14-3-4-20(36)35(2)11-14/h3-4,10-11,13,19H,5-7,9H2,1-2H3/t13-,19+/m0/s1. The fourth-order valence-corrected chi connectivity index (χ4v) is 4.58. The molecule has 0 radical (unpaired) electrons. The highest BCUT2D eigenvalue weighted by molar-refractivity contribution is 5.90. The maximum atomic E-state index is 13.6. The van der Waals surface area contributed by atoms with Crippen LogP contribution in [-0.4, -0.2) is 32.3 Å². The van der Waals surface area contributed by atoms with Crippen LogP contribution in [0.5, 0.6) is 0 Å². The predicted molar refractivity (Wildman–Crippen MR) is 121 cm³/mol. The van der Waals surface area contributed by atoms with E-state index in [1.54, 1.807) is 19.3 Å². The van der Waals surface area contributed by atoms with Gasteiger partial charge in [-0.25, -0.2) is 15.0 Å². The van der Waals surface area contributed by atoms with Gasteiger partial charge in [-0.3, -0.25) is 4.79 Å². The van der Waals surface area contributed by atoms with Gasteiger partial charge in [-0.15, -0.1) is 5.73 Å². The number of aromatic nitrogens is 4. The summed E-state index contributed by atoms with van der Waals surface area (Å²) in [5.41, 5.74) is 0.621. The van der Waals surface area contributed by atoms with Gasteiger partial charge < -0.3 is 9.30 Å². The van der Waals surface area contributed by atoms with Crippen LogP contribution in [-0.2, 0) is 18.0 Å². The smallest absolute Gasteiger partial charge is 0.373 e. The number of hydrogen-bond donors (Lipinski definition) is 0. The molecule has 194 valence electrons. The van der Waals surface area contributed by atoms with E-state index in [-0.39, 0.29) is 45.3 Å². The first-order valence-electron chi connectivity index (χ1n) is 11.4. The van der Waals surface area contributed by atoms with Crippen molar-refractivity contribution in [2.24, 2.45) is 7.05 Å². The van der Waals surface area contributed by atoms with Crippen molar-refractivity contribution in [1.29, 1.82) is 0 Å². The Morgan fingerprint density at radius 3 is 2.46 bits per heavy atom. The van der Waals surface area contributed by atoms with Crippen LogP contribution in [0.15, 0.2) is 40.5 Å². The van der Waals surface area contributed by atoms with Crippen molar-refractivity contribution in [3.63, 3.8) is 0 Å². The minimum absolute atomic E-state index is 0.0228. The van der Waals surface area contributed by atoms with E-state index in [1.165, 1.54) is 17.6 Å². The first-order chi connectivity index (χ1) is 17.3. The highest BCUT2D eigenvalue weighted by Gasteiger charge is 2.40. The van der Waals surface area contributed by atoms with Crippen molar-refractivity contribution in [3.05, 3.63) is 74.4 Å². The molecule has 0 spiro atoms. The molecule has 2 aliphatic rings.